The van der Waals surface area contributed by atoms with Gasteiger partial charge in [-0.1, -0.05) is 30.3 Å². The number of aromatic hydroxyl groups is 2. The lowest BCUT2D eigenvalue weighted by Gasteiger charge is -2.18. The predicted octanol–water partition coefficient (Wildman–Crippen LogP) is 4.01. The number of benzene rings is 3. The van der Waals surface area contributed by atoms with Gasteiger partial charge in [0.15, 0.2) is 5.76 Å². The molecule has 0 saturated heterocycles. The van der Waals surface area contributed by atoms with Crippen LogP contribution in [0.1, 0.15) is 15.9 Å². The molecule has 0 unspecified atom stereocenters. The summed E-state index contributed by atoms with van der Waals surface area (Å²) in [5.74, 6) is -0.723. The number of Topliss-reactive ketones (excluding diaryl/α,β-unsaturated/α-hetero) is 1. The van der Waals surface area contributed by atoms with E-state index >= 15 is 0 Å². The highest BCUT2D eigenvalue weighted by Gasteiger charge is 2.26. The van der Waals surface area contributed by atoms with Crippen LogP contribution >= 0.6 is 0 Å². The van der Waals surface area contributed by atoms with Crippen molar-refractivity contribution in [2.75, 3.05) is 0 Å². The van der Waals surface area contributed by atoms with Crippen molar-refractivity contribution in [3.05, 3.63) is 65.4 Å². The summed E-state index contributed by atoms with van der Waals surface area (Å²) >= 11 is 0. The minimum atomic E-state index is -0.475. The fourth-order valence-corrected chi connectivity index (χ4v) is 3.03. The van der Waals surface area contributed by atoms with Gasteiger partial charge < -0.3 is 15.3 Å². The molecule has 1 aliphatic rings. The number of ketones is 1. The van der Waals surface area contributed by atoms with E-state index < -0.39 is 11.5 Å². The zero-order valence-corrected chi connectivity index (χ0v) is 11.9. The van der Waals surface area contributed by atoms with E-state index in [2.05, 4.69) is 0 Å². The van der Waals surface area contributed by atoms with Crippen LogP contribution in [0.3, 0.4) is 0 Å². The van der Waals surface area contributed by atoms with Crippen LogP contribution in [0.5, 0.6) is 11.5 Å². The van der Waals surface area contributed by atoms with Crippen LogP contribution in [-0.4, -0.2) is 21.1 Å². The summed E-state index contributed by atoms with van der Waals surface area (Å²) in [7, 11) is 0. The number of phenolic OH excluding ortho intramolecular Hbond substituents is 2. The highest BCUT2D eigenvalue weighted by Crippen LogP contribution is 2.40. The molecule has 0 fully saturated rings. The van der Waals surface area contributed by atoms with Gasteiger partial charge in [0.1, 0.15) is 11.5 Å². The summed E-state index contributed by atoms with van der Waals surface area (Å²) in [4.78, 5) is 12.5. The van der Waals surface area contributed by atoms with Gasteiger partial charge in [-0.15, -0.1) is 0 Å². The summed E-state index contributed by atoms with van der Waals surface area (Å²) < 4.78 is 0. The molecule has 0 aromatic heterocycles. The van der Waals surface area contributed by atoms with Gasteiger partial charge in [0, 0.05) is 16.5 Å². The second kappa shape index (κ2) is 4.61. The maximum absolute atomic E-state index is 12.5. The first-order chi connectivity index (χ1) is 11.1. The number of carbonyl (C=O) groups is 1. The first kappa shape index (κ1) is 13.4. The average Bonchev–Trinajstić information content (AvgIpc) is 2.55. The number of phenols is 2. The molecule has 1 aliphatic carbocycles. The second-order valence-electron chi connectivity index (χ2n) is 5.49. The van der Waals surface area contributed by atoms with Crippen LogP contribution in [0.4, 0.5) is 0 Å². The Kier molecular flexibility index (Phi) is 2.69. The molecule has 3 aromatic carbocycles. The number of hydrogen-bond acceptors (Lipinski definition) is 4. The Morgan fingerprint density at radius 1 is 0.783 bits per heavy atom. The van der Waals surface area contributed by atoms with Gasteiger partial charge in [0.2, 0.25) is 5.78 Å². The molecule has 4 heteroatoms. The molecule has 0 aliphatic heterocycles. The van der Waals surface area contributed by atoms with E-state index in [1.807, 2.05) is 6.07 Å². The first-order valence-corrected chi connectivity index (χ1v) is 7.10. The molecule has 0 atom stereocenters. The monoisotopic (exact) mass is 304 g/mol. The minimum absolute atomic E-state index is 0.0145. The van der Waals surface area contributed by atoms with E-state index in [0.717, 1.165) is 10.9 Å². The Morgan fingerprint density at radius 2 is 1.48 bits per heavy atom. The molecule has 4 rings (SSSR count). The summed E-state index contributed by atoms with van der Waals surface area (Å²) in [6.07, 6.45) is 1.30. The molecule has 112 valence electrons. The Labute approximate surface area is 131 Å². The van der Waals surface area contributed by atoms with Crippen LogP contribution in [0.15, 0.2) is 54.3 Å². The van der Waals surface area contributed by atoms with Crippen molar-refractivity contribution in [2.45, 2.75) is 0 Å². The van der Waals surface area contributed by atoms with Gasteiger partial charge in [0.05, 0.1) is 0 Å². The summed E-state index contributed by atoms with van der Waals surface area (Å²) in [5.41, 5.74) is 2.19. The fourth-order valence-electron chi connectivity index (χ4n) is 3.03. The largest absolute Gasteiger partial charge is 0.508 e. The van der Waals surface area contributed by atoms with Crippen molar-refractivity contribution >= 4 is 22.6 Å². The van der Waals surface area contributed by atoms with Gasteiger partial charge in [-0.25, -0.2) is 0 Å². The molecule has 0 radical (unpaired) electrons. The van der Waals surface area contributed by atoms with Crippen molar-refractivity contribution in [3.8, 4) is 22.6 Å². The topological polar surface area (TPSA) is 77.8 Å². The fraction of sp³-hybridized carbons (Fsp3) is 0. The Bertz CT molecular complexity index is 998. The standard InChI is InChI=1S/C19H12O4/c20-12-5-1-10(2-6-12)13-7-3-11-4-8-15(21)14-9-16(22)19(23)18(13)17(11)14/h1-9,20-22H. The maximum Gasteiger partial charge on any atom is 0.228 e. The van der Waals surface area contributed by atoms with Crippen LogP contribution in [0, 0.1) is 0 Å². The van der Waals surface area contributed by atoms with Gasteiger partial charge in [-0.2, -0.15) is 0 Å². The van der Waals surface area contributed by atoms with Crippen molar-refractivity contribution in [1.82, 2.24) is 0 Å². The highest BCUT2D eigenvalue weighted by atomic mass is 16.3. The number of aliphatic hydroxyl groups is 1. The molecule has 4 nitrogen and oxygen atoms in total. The van der Waals surface area contributed by atoms with E-state index in [4.69, 9.17) is 0 Å². The summed E-state index contributed by atoms with van der Waals surface area (Å²) in [6.45, 7) is 0. The van der Waals surface area contributed by atoms with Crippen LogP contribution in [0.25, 0.3) is 28.0 Å². The molecular formula is C19H12O4. The Balaban J connectivity index is 2.13. The number of hydrogen-bond donors (Lipinski definition) is 3. The lowest BCUT2D eigenvalue weighted by molar-refractivity contribution is 0.0981. The zero-order valence-electron chi connectivity index (χ0n) is 11.9. The van der Waals surface area contributed by atoms with E-state index in [1.165, 1.54) is 6.08 Å². The predicted molar refractivity (Wildman–Crippen MR) is 87.6 cm³/mol. The molecule has 0 heterocycles. The Hall–Kier alpha value is -3.27. The van der Waals surface area contributed by atoms with Crippen molar-refractivity contribution in [3.63, 3.8) is 0 Å². The Morgan fingerprint density at radius 3 is 2.22 bits per heavy atom. The van der Waals surface area contributed by atoms with Crippen LogP contribution in [-0.2, 0) is 0 Å². The lowest BCUT2D eigenvalue weighted by Crippen LogP contribution is -2.10. The number of allylic oxidation sites excluding steroid dienone is 1. The maximum atomic E-state index is 12.5. The first-order valence-electron chi connectivity index (χ1n) is 7.10. The molecule has 0 saturated carbocycles. The van der Waals surface area contributed by atoms with E-state index in [-0.39, 0.29) is 11.5 Å². The van der Waals surface area contributed by atoms with E-state index in [0.29, 0.717) is 22.1 Å². The third kappa shape index (κ3) is 1.89. The quantitative estimate of drug-likeness (QED) is 0.634. The lowest BCUT2D eigenvalue weighted by atomic mass is 9.85. The van der Waals surface area contributed by atoms with E-state index in [9.17, 15) is 20.1 Å². The molecule has 23 heavy (non-hydrogen) atoms. The third-order valence-electron chi connectivity index (χ3n) is 4.12. The van der Waals surface area contributed by atoms with Gasteiger partial charge in [0.25, 0.3) is 0 Å². The highest BCUT2D eigenvalue weighted by molar-refractivity contribution is 6.25. The number of aliphatic hydroxyl groups excluding tert-OH is 1. The number of carbonyl (C=O) groups excluding carboxylic acids is 1. The van der Waals surface area contributed by atoms with Gasteiger partial charge >= 0.3 is 0 Å². The third-order valence-corrected chi connectivity index (χ3v) is 4.12. The molecule has 3 aromatic rings. The van der Waals surface area contributed by atoms with Crippen LogP contribution < -0.4 is 0 Å². The molecule has 3 N–H and O–H groups in total. The zero-order chi connectivity index (χ0) is 16.1. The number of rotatable bonds is 1. The molecular weight excluding hydrogens is 292 g/mol. The second-order valence-corrected chi connectivity index (χ2v) is 5.49. The normalized spacial score (nSPS) is 13.2. The van der Waals surface area contributed by atoms with Gasteiger partial charge in [-0.05, 0) is 40.8 Å². The SMILES string of the molecule is O=C1C(O)=Cc2c(O)ccc3ccc(-c4ccc(O)cc4)c1c23. The molecule has 0 spiro atoms. The smallest absolute Gasteiger partial charge is 0.228 e. The average molecular weight is 304 g/mol. The van der Waals surface area contributed by atoms with Gasteiger partial charge in [-0.3, -0.25) is 4.79 Å². The summed E-state index contributed by atoms with van der Waals surface area (Å²) in [6, 6.07) is 13.4. The molecule has 0 amide bonds. The van der Waals surface area contributed by atoms with Crippen molar-refractivity contribution < 1.29 is 20.1 Å². The van der Waals surface area contributed by atoms with E-state index in [1.54, 1.807) is 42.5 Å². The minimum Gasteiger partial charge on any atom is -0.508 e. The van der Waals surface area contributed by atoms with Crippen molar-refractivity contribution in [1.29, 1.82) is 0 Å². The molecule has 0 bridgehead atoms. The van der Waals surface area contributed by atoms with Crippen LogP contribution in [0.2, 0.25) is 0 Å². The van der Waals surface area contributed by atoms with Crippen molar-refractivity contribution in [2.24, 2.45) is 0 Å². The summed E-state index contributed by atoms with van der Waals surface area (Å²) in [5, 5.41) is 30.9.